The molecule has 0 aliphatic carbocycles. The third-order valence-corrected chi connectivity index (χ3v) is 3.48. The van der Waals surface area contributed by atoms with Crippen LogP contribution in [0.5, 0.6) is 0 Å². The quantitative estimate of drug-likeness (QED) is 0.797. The van der Waals surface area contributed by atoms with Crippen molar-refractivity contribution in [3.8, 4) is 0 Å². The number of rotatable bonds is 5. The van der Waals surface area contributed by atoms with E-state index in [1.807, 2.05) is 45.0 Å². The average Bonchev–Trinajstić information content (AvgIpc) is 2.19. The van der Waals surface area contributed by atoms with Crippen LogP contribution in [0.15, 0.2) is 29.2 Å². The zero-order chi connectivity index (χ0) is 12.1. The van der Waals surface area contributed by atoms with Gasteiger partial charge in [0.1, 0.15) is 5.25 Å². The molecule has 88 valence electrons. The van der Waals surface area contributed by atoms with Gasteiger partial charge in [0.05, 0.1) is 0 Å². The highest BCUT2D eigenvalue weighted by Crippen LogP contribution is 2.27. The van der Waals surface area contributed by atoms with Crippen LogP contribution in [0.1, 0.15) is 25.8 Å². The van der Waals surface area contributed by atoms with E-state index in [9.17, 15) is 4.79 Å². The zero-order valence-corrected chi connectivity index (χ0v) is 10.8. The van der Waals surface area contributed by atoms with Crippen molar-refractivity contribution in [2.24, 2.45) is 5.92 Å². The Morgan fingerprint density at radius 2 is 1.88 bits per heavy atom. The molecule has 0 amide bonds. The SMILES string of the molecule is Cc1ccc(SC(CC(C)C)C(=O)O)cc1. The van der Waals surface area contributed by atoms with Crippen LogP contribution in [-0.2, 0) is 4.79 Å². The standard InChI is InChI=1S/C13H18O2S/c1-9(2)8-12(13(14)15)16-11-6-4-10(3)5-7-11/h4-7,9,12H,8H2,1-3H3,(H,14,15). The number of carboxylic acids is 1. The molecule has 16 heavy (non-hydrogen) atoms. The first-order valence-electron chi connectivity index (χ1n) is 5.45. The van der Waals surface area contributed by atoms with Gasteiger partial charge >= 0.3 is 5.97 Å². The van der Waals surface area contributed by atoms with Gasteiger partial charge in [0, 0.05) is 4.90 Å². The van der Waals surface area contributed by atoms with Crippen molar-refractivity contribution < 1.29 is 9.90 Å². The van der Waals surface area contributed by atoms with E-state index in [4.69, 9.17) is 5.11 Å². The fourth-order valence-corrected chi connectivity index (χ4v) is 2.61. The molecule has 0 bridgehead atoms. The predicted octanol–water partition coefficient (Wildman–Crippen LogP) is 3.59. The van der Waals surface area contributed by atoms with E-state index in [1.54, 1.807) is 0 Å². The van der Waals surface area contributed by atoms with Gasteiger partial charge in [0.25, 0.3) is 0 Å². The van der Waals surface area contributed by atoms with E-state index in [0.717, 1.165) is 4.90 Å². The van der Waals surface area contributed by atoms with Crippen LogP contribution in [0.3, 0.4) is 0 Å². The molecule has 0 radical (unpaired) electrons. The molecule has 0 aliphatic rings. The molecule has 2 nitrogen and oxygen atoms in total. The van der Waals surface area contributed by atoms with Crippen molar-refractivity contribution in [2.75, 3.05) is 0 Å². The van der Waals surface area contributed by atoms with Gasteiger partial charge in [0.2, 0.25) is 0 Å². The van der Waals surface area contributed by atoms with E-state index in [-0.39, 0.29) is 5.25 Å². The van der Waals surface area contributed by atoms with Crippen molar-refractivity contribution >= 4 is 17.7 Å². The van der Waals surface area contributed by atoms with Crippen LogP contribution in [0, 0.1) is 12.8 Å². The summed E-state index contributed by atoms with van der Waals surface area (Å²) in [4.78, 5) is 12.1. The Kier molecular flexibility index (Phi) is 4.87. The minimum atomic E-state index is -0.723. The fraction of sp³-hybridized carbons (Fsp3) is 0.462. The van der Waals surface area contributed by atoms with Gasteiger partial charge in [-0.3, -0.25) is 4.79 Å². The first-order valence-corrected chi connectivity index (χ1v) is 6.33. The summed E-state index contributed by atoms with van der Waals surface area (Å²) in [6.07, 6.45) is 0.702. The molecule has 1 aromatic carbocycles. The molecule has 0 saturated heterocycles. The number of hydrogen-bond acceptors (Lipinski definition) is 2. The maximum Gasteiger partial charge on any atom is 0.316 e. The van der Waals surface area contributed by atoms with E-state index >= 15 is 0 Å². The van der Waals surface area contributed by atoms with Gasteiger partial charge in [0.15, 0.2) is 0 Å². The van der Waals surface area contributed by atoms with Crippen molar-refractivity contribution in [1.82, 2.24) is 0 Å². The second-order valence-electron chi connectivity index (χ2n) is 4.39. The van der Waals surface area contributed by atoms with Crippen LogP contribution in [0.25, 0.3) is 0 Å². The molecule has 1 rings (SSSR count). The minimum Gasteiger partial charge on any atom is -0.480 e. The minimum absolute atomic E-state index is 0.345. The predicted molar refractivity (Wildman–Crippen MR) is 67.9 cm³/mol. The topological polar surface area (TPSA) is 37.3 Å². The maximum atomic E-state index is 11.1. The Morgan fingerprint density at radius 1 is 1.31 bits per heavy atom. The summed E-state index contributed by atoms with van der Waals surface area (Å²) < 4.78 is 0. The lowest BCUT2D eigenvalue weighted by atomic mass is 10.1. The average molecular weight is 238 g/mol. The molecule has 0 spiro atoms. The first kappa shape index (κ1) is 13.1. The summed E-state index contributed by atoms with van der Waals surface area (Å²) in [7, 11) is 0. The number of carbonyl (C=O) groups is 1. The Balaban J connectivity index is 2.68. The Labute approximate surface area is 101 Å². The zero-order valence-electron chi connectivity index (χ0n) is 9.93. The molecule has 1 aromatic rings. The van der Waals surface area contributed by atoms with E-state index in [0.29, 0.717) is 12.3 Å². The first-order chi connectivity index (χ1) is 7.49. The molecule has 1 atom stereocenters. The third kappa shape index (κ3) is 4.27. The van der Waals surface area contributed by atoms with Crippen LogP contribution in [0.4, 0.5) is 0 Å². The molecule has 1 N–H and O–H groups in total. The number of aryl methyl sites for hydroxylation is 1. The van der Waals surface area contributed by atoms with Gasteiger partial charge in [-0.1, -0.05) is 31.5 Å². The molecular formula is C13H18O2S. The monoisotopic (exact) mass is 238 g/mol. The summed E-state index contributed by atoms with van der Waals surface area (Å²) in [6.45, 7) is 6.12. The molecule has 0 fully saturated rings. The summed E-state index contributed by atoms with van der Waals surface area (Å²) >= 11 is 1.43. The third-order valence-electron chi connectivity index (χ3n) is 2.26. The maximum absolute atomic E-state index is 11.1. The van der Waals surface area contributed by atoms with Crippen molar-refractivity contribution in [1.29, 1.82) is 0 Å². The molecular weight excluding hydrogens is 220 g/mol. The fourth-order valence-electron chi connectivity index (χ4n) is 1.41. The van der Waals surface area contributed by atoms with Crippen LogP contribution >= 0.6 is 11.8 Å². The number of thioether (sulfide) groups is 1. The molecule has 0 aliphatic heterocycles. The lowest BCUT2D eigenvalue weighted by Gasteiger charge is -2.14. The molecule has 0 heterocycles. The van der Waals surface area contributed by atoms with E-state index in [1.165, 1.54) is 17.3 Å². The highest BCUT2D eigenvalue weighted by atomic mass is 32.2. The highest BCUT2D eigenvalue weighted by Gasteiger charge is 2.19. The molecule has 3 heteroatoms. The number of carboxylic acid groups (broad SMARTS) is 1. The van der Waals surface area contributed by atoms with Crippen molar-refractivity contribution in [3.63, 3.8) is 0 Å². The Bertz CT molecular complexity index is 343. The highest BCUT2D eigenvalue weighted by molar-refractivity contribution is 8.00. The van der Waals surface area contributed by atoms with E-state index in [2.05, 4.69) is 0 Å². The second-order valence-corrected chi connectivity index (χ2v) is 5.66. The smallest absolute Gasteiger partial charge is 0.316 e. The summed E-state index contributed by atoms with van der Waals surface area (Å²) in [5, 5.41) is 8.77. The van der Waals surface area contributed by atoms with Gasteiger partial charge in [-0.25, -0.2) is 0 Å². The molecule has 0 saturated carbocycles. The molecule has 1 unspecified atom stereocenters. The normalized spacial score (nSPS) is 12.8. The van der Waals surface area contributed by atoms with Gasteiger partial charge in [-0.15, -0.1) is 11.8 Å². The summed E-state index contributed by atoms with van der Waals surface area (Å²) in [5.74, 6) is -0.321. The number of benzene rings is 1. The van der Waals surface area contributed by atoms with Crippen molar-refractivity contribution in [2.45, 2.75) is 37.3 Å². The molecule has 0 aromatic heterocycles. The number of hydrogen-bond donors (Lipinski definition) is 1. The number of aliphatic carboxylic acids is 1. The van der Waals surface area contributed by atoms with Gasteiger partial charge in [-0.05, 0) is 31.4 Å². The summed E-state index contributed by atoms with van der Waals surface area (Å²) in [5.41, 5.74) is 1.19. The van der Waals surface area contributed by atoms with Crippen LogP contribution in [-0.4, -0.2) is 16.3 Å². The Morgan fingerprint density at radius 3 is 2.31 bits per heavy atom. The lowest BCUT2D eigenvalue weighted by molar-refractivity contribution is -0.136. The van der Waals surface area contributed by atoms with Gasteiger partial charge in [-0.2, -0.15) is 0 Å². The summed E-state index contributed by atoms with van der Waals surface area (Å²) in [6, 6.07) is 7.99. The van der Waals surface area contributed by atoms with Crippen LogP contribution < -0.4 is 0 Å². The van der Waals surface area contributed by atoms with Crippen LogP contribution in [0.2, 0.25) is 0 Å². The van der Waals surface area contributed by atoms with Crippen molar-refractivity contribution in [3.05, 3.63) is 29.8 Å². The second kappa shape index (κ2) is 5.94. The van der Waals surface area contributed by atoms with E-state index < -0.39 is 5.97 Å². The largest absolute Gasteiger partial charge is 0.480 e. The van der Waals surface area contributed by atoms with Gasteiger partial charge < -0.3 is 5.11 Å². The lowest BCUT2D eigenvalue weighted by Crippen LogP contribution is -2.18. The Hall–Kier alpha value is -0.960.